The van der Waals surface area contributed by atoms with Crippen LogP contribution in [-0.2, 0) is 0 Å². The fourth-order valence-corrected chi connectivity index (χ4v) is 3.18. The molecule has 1 unspecified atom stereocenters. The molecule has 4 heteroatoms. The molecule has 20 heavy (non-hydrogen) atoms. The second-order valence-corrected chi connectivity index (χ2v) is 5.68. The van der Waals surface area contributed by atoms with Gasteiger partial charge in [-0.25, -0.2) is 4.98 Å². The van der Waals surface area contributed by atoms with Crippen LogP contribution in [0.25, 0.3) is 0 Å². The van der Waals surface area contributed by atoms with Crippen molar-refractivity contribution in [1.29, 1.82) is 0 Å². The van der Waals surface area contributed by atoms with E-state index < -0.39 is 0 Å². The number of pyridine rings is 1. The lowest BCUT2D eigenvalue weighted by Gasteiger charge is -2.46. The highest BCUT2D eigenvalue weighted by Crippen LogP contribution is 2.37. The lowest BCUT2D eigenvalue weighted by Crippen LogP contribution is -2.53. The highest BCUT2D eigenvalue weighted by atomic mass is 15.2. The Kier molecular flexibility index (Phi) is 5.96. The van der Waals surface area contributed by atoms with Crippen molar-refractivity contribution in [2.45, 2.75) is 52.1 Å². The van der Waals surface area contributed by atoms with Gasteiger partial charge in [0.15, 0.2) is 0 Å². The standard InChI is InChI=1S/C16H30N4/c1-7-16(8-2,20(5)6)14(18-9-3)13-10-12(4)11-19-15(13)17/h10-11,14,18H,7-9H2,1-6H3,(H2,17,19). The molecule has 0 saturated carbocycles. The second-order valence-electron chi connectivity index (χ2n) is 5.68. The Balaban J connectivity index is 3.38. The smallest absolute Gasteiger partial charge is 0.128 e. The third kappa shape index (κ3) is 3.13. The highest BCUT2D eigenvalue weighted by molar-refractivity contribution is 5.44. The van der Waals surface area contributed by atoms with Crippen LogP contribution in [0.5, 0.6) is 0 Å². The fourth-order valence-electron chi connectivity index (χ4n) is 3.18. The highest BCUT2D eigenvalue weighted by Gasteiger charge is 2.39. The van der Waals surface area contributed by atoms with E-state index in [4.69, 9.17) is 5.73 Å². The molecular formula is C16H30N4. The number of nitrogen functional groups attached to an aromatic ring is 1. The third-order valence-corrected chi connectivity index (χ3v) is 4.46. The first kappa shape index (κ1) is 16.9. The Hall–Kier alpha value is -1.13. The van der Waals surface area contributed by atoms with Gasteiger partial charge in [0, 0.05) is 17.3 Å². The predicted molar refractivity (Wildman–Crippen MR) is 86.8 cm³/mol. The molecule has 3 N–H and O–H groups in total. The molecule has 1 aromatic heterocycles. The van der Waals surface area contributed by atoms with Crippen molar-refractivity contribution in [3.8, 4) is 0 Å². The number of nitrogens with one attached hydrogen (secondary N) is 1. The van der Waals surface area contributed by atoms with E-state index in [2.05, 4.69) is 63.1 Å². The molecule has 0 fully saturated rings. The number of hydrogen-bond acceptors (Lipinski definition) is 4. The van der Waals surface area contributed by atoms with Crippen LogP contribution in [0.4, 0.5) is 5.82 Å². The first-order valence-corrected chi connectivity index (χ1v) is 7.55. The number of hydrogen-bond donors (Lipinski definition) is 2. The molecule has 1 aromatic rings. The minimum Gasteiger partial charge on any atom is -0.383 e. The summed E-state index contributed by atoms with van der Waals surface area (Å²) in [5, 5.41) is 3.63. The van der Waals surface area contributed by atoms with E-state index in [1.165, 1.54) is 0 Å². The van der Waals surface area contributed by atoms with Gasteiger partial charge < -0.3 is 16.0 Å². The van der Waals surface area contributed by atoms with Gasteiger partial charge in [-0.3, -0.25) is 0 Å². The zero-order valence-electron chi connectivity index (χ0n) is 13.8. The molecule has 0 aromatic carbocycles. The minimum atomic E-state index is 0.0413. The van der Waals surface area contributed by atoms with Gasteiger partial charge in [-0.1, -0.05) is 20.8 Å². The van der Waals surface area contributed by atoms with Crippen LogP contribution in [0.15, 0.2) is 12.3 Å². The lowest BCUT2D eigenvalue weighted by molar-refractivity contribution is 0.0890. The van der Waals surface area contributed by atoms with Crippen molar-refractivity contribution in [3.05, 3.63) is 23.4 Å². The van der Waals surface area contributed by atoms with Crippen LogP contribution in [-0.4, -0.2) is 36.1 Å². The van der Waals surface area contributed by atoms with Crippen LogP contribution >= 0.6 is 0 Å². The van der Waals surface area contributed by atoms with E-state index in [1.807, 2.05) is 6.20 Å². The summed E-state index contributed by atoms with van der Waals surface area (Å²) in [7, 11) is 4.30. The monoisotopic (exact) mass is 278 g/mol. The maximum Gasteiger partial charge on any atom is 0.128 e. The zero-order chi connectivity index (χ0) is 15.3. The Bertz CT molecular complexity index is 424. The summed E-state index contributed by atoms with van der Waals surface area (Å²) in [5.74, 6) is 0.634. The second kappa shape index (κ2) is 7.04. The summed E-state index contributed by atoms with van der Waals surface area (Å²) in [6, 6.07) is 2.35. The average molecular weight is 278 g/mol. The Morgan fingerprint density at radius 3 is 2.35 bits per heavy atom. The molecule has 114 valence electrons. The molecule has 0 saturated heterocycles. The minimum absolute atomic E-state index is 0.0413. The maximum atomic E-state index is 6.16. The van der Waals surface area contributed by atoms with Crippen LogP contribution in [0.1, 0.15) is 50.8 Å². The number of likely N-dealkylation sites (N-methyl/N-ethyl adjacent to an activating group) is 2. The molecule has 4 nitrogen and oxygen atoms in total. The van der Waals surface area contributed by atoms with Crippen molar-refractivity contribution in [2.75, 3.05) is 26.4 Å². The van der Waals surface area contributed by atoms with Gasteiger partial charge in [0.1, 0.15) is 5.82 Å². The molecule has 0 bridgehead atoms. The van der Waals surface area contributed by atoms with Crippen molar-refractivity contribution in [2.24, 2.45) is 0 Å². The number of aromatic nitrogens is 1. The van der Waals surface area contributed by atoms with Gasteiger partial charge in [-0.15, -0.1) is 0 Å². The summed E-state index contributed by atoms with van der Waals surface area (Å²) in [6.45, 7) is 9.60. The van der Waals surface area contributed by atoms with Crippen molar-refractivity contribution in [1.82, 2.24) is 15.2 Å². The molecule has 1 atom stereocenters. The van der Waals surface area contributed by atoms with E-state index >= 15 is 0 Å². The van der Waals surface area contributed by atoms with E-state index in [0.29, 0.717) is 5.82 Å². The van der Waals surface area contributed by atoms with E-state index in [9.17, 15) is 0 Å². The van der Waals surface area contributed by atoms with Gasteiger partial charge in [-0.05, 0) is 52.0 Å². The largest absolute Gasteiger partial charge is 0.383 e. The summed E-state index contributed by atoms with van der Waals surface area (Å²) in [6.07, 6.45) is 3.94. The number of nitrogens with two attached hydrogens (primary N) is 1. The van der Waals surface area contributed by atoms with Gasteiger partial charge in [0.25, 0.3) is 0 Å². The molecule has 1 heterocycles. The van der Waals surface area contributed by atoms with Crippen LogP contribution < -0.4 is 11.1 Å². The molecule has 0 radical (unpaired) electrons. The number of anilines is 1. The number of aryl methyl sites for hydroxylation is 1. The summed E-state index contributed by atoms with van der Waals surface area (Å²) in [4.78, 5) is 6.66. The third-order valence-electron chi connectivity index (χ3n) is 4.46. The van der Waals surface area contributed by atoms with Crippen LogP contribution in [0.2, 0.25) is 0 Å². The summed E-state index contributed by atoms with van der Waals surface area (Å²) in [5.41, 5.74) is 8.46. The first-order valence-electron chi connectivity index (χ1n) is 7.55. The van der Waals surface area contributed by atoms with E-state index in [1.54, 1.807) is 0 Å². The van der Waals surface area contributed by atoms with E-state index in [-0.39, 0.29) is 11.6 Å². The lowest BCUT2D eigenvalue weighted by atomic mass is 9.79. The normalized spacial score (nSPS) is 13.8. The molecule has 1 rings (SSSR count). The first-order chi connectivity index (χ1) is 9.42. The van der Waals surface area contributed by atoms with Crippen LogP contribution in [0.3, 0.4) is 0 Å². The predicted octanol–water partition coefficient (Wildman–Crippen LogP) is 2.74. The SMILES string of the molecule is CCNC(c1cc(C)cnc1N)C(CC)(CC)N(C)C. The molecule has 0 amide bonds. The van der Waals surface area contributed by atoms with E-state index in [0.717, 1.165) is 30.5 Å². The Labute approximate surface area is 123 Å². The van der Waals surface area contributed by atoms with Crippen molar-refractivity contribution < 1.29 is 0 Å². The van der Waals surface area contributed by atoms with Crippen molar-refractivity contribution in [3.63, 3.8) is 0 Å². The number of nitrogens with zero attached hydrogens (tertiary/aromatic N) is 2. The molecule has 0 aliphatic heterocycles. The zero-order valence-corrected chi connectivity index (χ0v) is 13.8. The van der Waals surface area contributed by atoms with Gasteiger partial charge in [0.05, 0.1) is 6.04 Å². The Morgan fingerprint density at radius 2 is 1.90 bits per heavy atom. The molecular weight excluding hydrogens is 248 g/mol. The summed E-state index contributed by atoms with van der Waals surface area (Å²) >= 11 is 0. The molecule has 0 spiro atoms. The Morgan fingerprint density at radius 1 is 1.30 bits per heavy atom. The van der Waals surface area contributed by atoms with Gasteiger partial charge >= 0.3 is 0 Å². The van der Waals surface area contributed by atoms with Gasteiger partial charge in [-0.2, -0.15) is 0 Å². The topological polar surface area (TPSA) is 54.2 Å². The number of rotatable bonds is 7. The molecule has 0 aliphatic rings. The average Bonchev–Trinajstić information content (AvgIpc) is 2.42. The maximum absolute atomic E-state index is 6.16. The molecule has 0 aliphatic carbocycles. The van der Waals surface area contributed by atoms with Crippen molar-refractivity contribution >= 4 is 5.82 Å². The fraction of sp³-hybridized carbons (Fsp3) is 0.688. The van der Waals surface area contributed by atoms with Crippen LogP contribution in [0, 0.1) is 6.92 Å². The summed E-state index contributed by atoms with van der Waals surface area (Å²) < 4.78 is 0. The van der Waals surface area contributed by atoms with Gasteiger partial charge in [0.2, 0.25) is 0 Å². The quantitative estimate of drug-likeness (QED) is 0.805.